The maximum absolute atomic E-state index is 13.6. The Morgan fingerprint density at radius 1 is 1.15 bits per heavy atom. The van der Waals surface area contributed by atoms with E-state index >= 15 is 0 Å². The van der Waals surface area contributed by atoms with Crippen molar-refractivity contribution in [3.05, 3.63) is 72.3 Å². The van der Waals surface area contributed by atoms with Gasteiger partial charge in [0, 0.05) is 49.1 Å². The van der Waals surface area contributed by atoms with Crippen LogP contribution >= 0.6 is 0 Å². The van der Waals surface area contributed by atoms with Crippen LogP contribution in [0.15, 0.2) is 61.1 Å². The number of likely N-dealkylation sites (tertiary alicyclic amines) is 1. The van der Waals surface area contributed by atoms with Crippen molar-refractivity contribution in [3.63, 3.8) is 0 Å². The van der Waals surface area contributed by atoms with Crippen LogP contribution in [0.3, 0.4) is 0 Å². The third-order valence-electron chi connectivity index (χ3n) is 6.78. The first-order chi connectivity index (χ1) is 18.6. The molecule has 0 radical (unpaired) electrons. The second kappa shape index (κ2) is 10.4. The largest absolute Gasteiger partial charge is 0.458 e. The number of amides is 1. The molecule has 1 aromatic carbocycles. The standard InChI is InChI=1S/C29H34N6O4/c1-29(2,3)39-27(36)25-22(11-8-13-35(25)28(37)38-18-19-9-6-5-7-10-19)23-15-24(30)34-14-12-21(26(34)32-23)20-16-31-33(4)17-20/h5-7,9-10,12,14-17,22,25H,8,11,13,18,30H2,1-4H3. The van der Waals surface area contributed by atoms with Gasteiger partial charge in [-0.05, 0) is 45.2 Å². The number of hydrogen-bond donors (Lipinski definition) is 1. The molecule has 1 fully saturated rings. The van der Waals surface area contributed by atoms with E-state index in [4.69, 9.17) is 20.2 Å². The third-order valence-corrected chi connectivity index (χ3v) is 6.78. The lowest BCUT2D eigenvalue weighted by molar-refractivity contribution is -0.163. The number of anilines is 1. The molecular weight excluding hydrogens is 496 g/mol. The molecule has 204 valence electrons. The van der Waals surface area contributed by atoms with Crippen LogP contribution in [0.5, 0.6) is 0 Å². The summed E-state index contributed by atoms with van der Waals surface area (Å²) < 4.78 is 15.0. The first kappa shape index (κ1) is 26.3. The molecular formula is C29H34N6O4. The molecule has 1 aliphatic rings. The van der Waals surface area contributed by atoms with Crippen LogP contribution in [0.2, 0.25) is 0 Å². The minimum Gasteiger partial charge on any atom is -0.458 e. The van der Waals surface area contributed by atoms with Crippen LogP contribution in [0, 0.1) is 0 Å². The fourth-order valence-electron chi connectivity index (χ4n) is 5.06. The van der Waals surface area contributed by atoms with Crippen LogP contribution in [-0.4, -0.2) is 54.3 Å². The van der Waals surface area contributed by atoms with Gasteiger partial charge in [0.1, 0.15) is 29.7 Å². The molecule has 1 aliphatic heterocycles. The van der Waals surface area contributed by atoms with Crippen LogP contribution in [-0.2, 0) is 27.9 Å². The van der Waals surface area contributed by atoms with Gasteiger partial charge < -0.3 is 15.2 Å². The van der Waals surface area contributed by atoms with Gasteiger partial charge in [0.2, 0.25) is 0 Å². The van der Waals surface area contributed by atoms with Crippen molar-refractivity contribution in [1.29, 1.82) is 0 Å². The molecule has 0 saturated carbocycles. The van der Waals surface area contributed by atoms with Crippen LogP contribution in [0.25, 0.3) is 16.8 Å². The number of nitrogens with zero attached hydrogens (tertiary/aromatic N) is 5. The maximum Gasteiger partial charge on any atom is 0.410 e. The molecule has 39 heavy (non-hydrogen) atoms. The number of piperidine rings is 1. The fourth-order valence-corrected chi connectivity index (χ4v) is 5.06. The Bertz CT molecular complexity index is 1490. The van der Waals surface area contributed by atoms with Crippen LogP contribution in [0.1, 0.15) is 50.8 Å². The second-order valence-corrected chi connectivity index (χ2v) is 10.9. The lowest BCUT2D eigenvalue weighted by Gasteiger charge is -2.39. The highest BCUT2D eigenvalue weighted by molar-refractivity contribution is 5.84. The van der Waals surface area contributed by atoms with Crippen molar-refractivity contribution in [3.8, 4) is 11.1 Å². The zero-order valence-corrected chi connectivity index (χ0v) is 22.7. The molecule has 0 bridgehead atoms. The van der Waals surface area contributed by atoms with E-state index in [9.17, 15) is 9.59 Å². The SMILES string of the molecule is Cn1cc(-c2ccn3c(N)cc(C4CCCN(C(=O)OCc5ccccc5)C4C(=O)OC(C)(C)C)nc23)cn1. The number of ether oxygens (including phenoxy) is 2. The molecule has 2 unspecified atom stereocenters. The summed E-state index contributed by atoms with van der Waals surface area (Å²) in [6, 6.07) is 12.3. The van der Waals surface area contributed by atoms with Crippen molar-refractivity contribution >= 4 is 23.5 Å². The van der Waals surface area contributed by atoms with Crippen molar-refractivity contribution in [2.24, 2.45) is 7.05 Å². The highest BCUT2D eigenvalue weighted by Crippen LogP contribution is 2.36. The van der Waals surface area contributed by atoms with Gasteiger partial charge in [-0.3, -0.25) is 14.0 Å². The summed E-state index contributed by atoms with van der Waals surface area (Å²) >= 11 is 0. The Labute approximate surface area is 227 Å². The summed E-state index contributed by atoms with van der Waals surface area (Å²) in [6.45, 7) is 5.91. The van der Waals surface area contributed by atoms with Gasteiger partial charge in [0.15, 0.2) is 0 Å². The van der Waals surface area contributed by atoms with Gasteiger partial charge >= 0.3 is 12.1 Å². The van der Waals surface area contributed by atoms with Crippen molar-refractivity contribution < 1.29 is 19.1 Å². The van der Waals surface area contributed by atoms with E-state index in [0.29, 0.717) is 36.5 Å². The summed E-state index contributed by atoms with van der Waals surface area (Å²) in [7, 11) is 1.86. The highest BCUT2D eigenvalue weighted by atomic mass is 16.6. The number of carbonyl (C=O) groups is 2. The Morgan fingerprint density at radius 2 is 1.92 bits per heavy atom. The lowest BCUT2D eigenvalue weighted by Crippen LogP contribution is -2.53. The molecule has 4 aromatic rings. The minimum absolute atomic E-state index is 0.109. The van der Waals surface area contributed by atoms with Gasteiger partial charge in [-0.15, -0.1) is 0 Å². The first-order valence-corrected chi connectivity index (χ1v) is 13.1. The van der Waals surface area contributed by atoms with Gasteiger partial charge in [-0.25, -0.2) is 14.6 Å². The molecule has 3 aromatic heterocycles. The predicted molar refractivity (Wildman–Crippen MR) is 147 cm³/mol. The maximum atomic E-state index is 13.6. The summed E-state index contributed by atoms with van der Waals surface area (Å²) in [5, 5.41) is 4.28. The van der Waals surface area contributed by atoms with Crippen molar-refractivity contribution in [2.45, 2.75) is 57.8 Å². The van der Waals surface area contributed by atoms with Gasteiger partial charge in [0.05, 0.1) is 11.9 Å². The van der Waals surface area contributed by atoms with E-state index in [1.54, 1.807) is 16.9 Å². The number of aryl methyl sites for hydroxylation is 1. The molecule has 1 saturated heterocycles. The predicted octanol–water partition coefficient (Wildman–Crippen LogP) is 4.54. The minimum atomic E-state index is -0.910. The normalized spacial score (nSPS) is 17.8. The van der Waals surface area contributed by atoms with Gasteiger partial charge in [0.25, 0.3) is 0 Å². The number of rotatable bonds is 5. The second-order valence-electron chi connectivity index (χ2n) is 10.9. The molecule has 1 amide bonds. The van der Waals surface area contributed by atoms with Gasteiger partial charge in [-0.2, -0.15) is 5.10 Å². The van der Waals surface area contributed by atoms with Crippen LogP contribution in [0.4, 0.5) is 10.6 Å². The average Bonchev–Trinajstić information content (AvgIpc) is 3.52. The van der Waals surface area contributed by atoms with Gasteiger partial charge in [-0.1, -0.05) is 30.3 Å². The number of esters is 1. The van der Waals surface area contributed by atoms with E-state index in [0.717, 1.165) is 16.7 Å². The van der Waals surface area contributed by atoms with E-state index in [2.05, 4.69) is 5.10 Å². The number of nitrogen functional groups attached to an aromatic ring is 1. The molecule has 0 spiro atoms. The fraction of sp³-hybridized carbons (Fsp3) is 0.379. The Balaban J connectivity index is 1.51. The quantitative estimate of drug-likeness (QED) is 0.376. The van der Waals surface area contributed by atoms with E-state index in [-0.39, 0.29) is 6.61 Å². The Hall–Kier alpha value is -4.34. The van der Waals surface area contributed by atoms with Crippen molar-refractivity contribution in [2.75, 3.05) is 12.3 Å². The number of nitrogens with two attached hydrogens (primary N) is 1. The summed E-state index contributed by atoms with van der Waals surface area (Å²) in [6.07, 6.45) is 6.30. The Morgan fingerprint density at radius 3 is 2.62 bits per heavy atom. The molecule has 4 heterocycles. The number of hydrogen-bond acceptors (Lipinski definition) is 7. The van der Waals surface area contributed by atoms with Crippen LogP contribution < -0.4 is 5.73 Å². The number of carbonyl (C=O) groups excluding carboxylic acids is 2. The Kier molecular flexibility index (Phi) is 7.03. The zero-order valence-electron chi connectivity index (χ0n) is 22.7. The molecule has 10 heteroatoms. The molecule has 2 atom stereocenters. The highest BCUT2D eigenvalue weighted by Gasteiger charge is 2.44. The number of benzene rings is 1. The number of fused-ring (bicyclic) bond motifs is 1. The average molecular weight is 531 g/mol. The molecule has 0 aliphatic carbocycles. The molecule has 2 N–H and O–H groups in total. The van der Waals surface area contributed by atoms with E-state index in [1.807, 2.05) is 81.0 Å². The molecule has 10 nitrogen and oxygen atoms in total. The third kappa shape index (κ3) is 5.59. The smallest absolute Gasteiger partial charge is 0.410 e. The van der Waals surface area contributed by atoms with E-state index < -0.39 is 29.6 Å². The van der Waals surface area contributed by atoms with E-state index in [1.165, 1.54) is 4.90 Å². The molecule has 5 rings (SSSR count). The lowest BCUT2D eigenvalue weighted by atomic mass is 9.86. The topological polar surface area (TPSA) is 117 Å². The summed E-state index contributed by atoms with van der Waals surface area (Å²) in [4.78, 5) is 33.4. The first-order valence-electron chi connectivity index (χ1n) is 13.1. The zero-order chi connectivity index (χ0) is 27.7. The summed E-state index contributed by atoms with van der Waals surface area (Å²) in [5.41, 5.74) is 9.67. The monoisotopic (exact) mass is 530 g/mol. The summed E-state index contributed by atoms with van der Waals surface area (Å²) in [5.74, 6) is -0.439. The van der Waals surface area contributed by atoms with Crippen molar-refractivity contribution in [1.82, 2.24) is 24.1 Å². The number of aromatic nitrogens is 4.